The lowest BCUT2D eigenvalue weighted by Crippen LogP contribution is -2.03. The minimum absolute atomic E-state index is 0.0548. The Hall–Kier alpha value is -3.87. The van der Waals surface area contributed by atoms with Gasteiger partial charge in [0.15, 0.2) is 0 Å². The molecular formula is C20H15N3O4. The van der Waals surface area contributed by atoms with Crippen LogP contribution in [0.2, 0.25) is 0 Å². The standard InChI is InChI=1S/C20H15N3O4/c1-27-17-9-10-21-15(17)11-13-19-14(22-20(13)24)7-8-16(23(25)26)18(19)12-5-3-2-4-6-12/h2-11,21H,1H3,(H,22,24)/b13-11-. The number of aromatic amines is 1. The molecule has 0 spiro atoms. The zero-order valence-electron chi connectivity index (χ0n) is 14.4. The van der Waals surface area contributed by atoms with E-state index in [-0.39, 0.29) is 11.6 Å². The van der Waals surface area contributed by atoms with Crippen molar-refractivity contribution in [2.75, 3.05) is 12.4 Å². The van der Waals surface area contributed by atoms with Crippen LogP contribution in [0.5, 0.6) is 5.75 Å². The van der Waals surface area contributed by atoms with Crippen LogP contribution < -0.4 is 10.1 Å². The Morgan fingerprint density at radius 2 is 1.85 bits per heavy atom. The van der Waals surface area contributed by atoms with Crippen LogP contribution in [-0.4, -0.2) is 22.9 Å². The smallest absolute Gasteiger partial charge is 0.277 e. The summed E-state index contributed by atoms with van der Waals surface area (Å²) in [6, 6.07) is 13.7. The molecule has 0 unspecified atom stereocenters. The number of benzene rings is 2. The van der Waals surface area contributed by atoms with Gasteiger partial charge in [-0.15, -0.1) is 0 Å². The number of fused-ring (bicyclic) bond motifs is 1. The van der Waals surface area contributed by atoms with E-state index >= 15 is 0 Å². The molecule has 0 aliphatic carbocycles. The lowest BCUT2D eigenvalue weighted by Gasteiger charge is -2.10. The topological polar surface area (TPSA) is 97.3 Å². The second-order valence-corrected chi connectivity index (χ2v) is 5.98. The van der Waals surface area contributed by atoms with Crippen molar-refractivity contribution in [1.29, 1.82) is 0 Å². The predicted molar refractivity (Wildman–Crippen MR) is 102 cm³/mol. The first-order valence-electron chi connectivity index (χ1n) is 8.21. The Kier molecular flexibility index (Phi) is 3.97. The van der Waals surface area contributed by atoms with E-state index in [1.54, 1.807) is 48.7 Å². The molecule has 1 aromatic heterocycles. The molecule has 0 fully saturated rings. The maximum absolute atomic E-state index is 12.6. The van der Waals surface area contributed by atoms with E-state index in [4.69, 9.17) is 4.74 Å². The van der Waals surface area contributed by atoms with E-state index in [2.05, 4.69) is 10.3 Å². The van der Waals surface area contributed by atoms with Crippen molar-refractivity contribution in [3.63, 3.8) is 0 Å². The third-order valence-electron chi connectivity index (χ3n) is 4.45. The zero-order chi connectivity index (χ0) is 19.0. The van der Waals surface area contributed by atoms with E-state index in [0.717, 1.165) is 0 Å². The van der Waals surface area contributed by atoms with E-state index in [9.17, 15) is 14.9 Å². The number of rotatable bonds is 4. The number of methoxy groups -OCH3 is 1. The number of carbonyl (C=O) groups excluding carboxylic acids is 1. The average molecular weight is 361 g/mol. The van der Waals surface area contributed by atoms with Gasteiger partial charge in [0.25, 0.3) is 11.6 Å². The largest absolute Gasteiger partial charge is 0.495 e. The molecule has 0 saturated carbocycles. The van der Waals surface area contributed by atoms with Crippen molar-refractivity contribution in [2.45, 2.75) is 0 Å². The van der Waals surface area contributed by atoms with Gasteiger partial charge in [0.05, 0.1) is 34.6 Å². The molecule has 0 bridgehead atoms. The molecule has 3 aromatic rings. The molecule has 27 heavy (non-hydrogen) atoms. The molecule has 1 amide bonds. The summed E-state index contributed by atoms with van der Waals surface area (Å²) < 4.78 is 5.28. The van der Waals surface area contributed by atoms with Gasteiger partial charge in [-0.1, -0.05) is 30.3 Å². The summed E-state index contributed by atoms with van der Waals surface area (Å²) in [5.41, 5.74) is 3.03. The van der Waals surface area contributed by atoms with Gasteiger partial charge in [-0.25, -0.2) is 0 Å². The first-order chi connectivity index (χ1) is 13.1. The van der Waals surface area contributed by atoms with Crippen molar-refractivity contribution in [2.24, 2.45) is 0 Å². The van der Waals surface area contributed by atoms with Crippen LogP contribution >= 0.6 is 0 Å². The van der Waals surface area contributed by atoms with Crippen LogP contribution in [0, 0.1) is 10.1 Å². The summed E-state index contributed by atoms with van der Waals surface area (Å²) in [6.07, 6.45) is 3.35. The lowest BCUT2D eigenvalue weighted by atomic mass is 9.93. The fourth-order valence-electron chi connectivity index (χ4n) is 3.27. The van der Waals surface area contributed by atoms with Crippen LogP contribution in [0.4, 0.5) is 11.4 Å². The number of anilines is 1. The highest BCUT2D eigenvalue weighted by molar-refractivity contribution is 6.36. The van der Waals surface area contributed by atoms with Gasteiger partial charge in [0.2, 0.25) is 0 Å². The number of nitrogens with zero attached hydrogens (tertiary/aromatic N) is 1. The van der Waals surface area contributed by atoms with Crippen LogP contribution in [0.3, 0.4) is 0 Å². The molecule has 1 aliphatic rings. The molecule has 1 aliphatic heterocycles. The molecule has 7 nitrogen and oxygen atoms in total. The Morgan fingerprint density at radius 1 is 1.07 bits per heavy atom. The zero-order valence-corrected chi connectivity index (χ0v) is 14.4. The fraction of sp³-hybridized carbons (Fsp3) is 0.0500. The van der Waals surface area contributed by atoms with Gasteiger partial charge >= 0.3 is 0 Å². The summed E-state index contributed by atoms with van der Waals surface area (Å²) >= 11 is 0. The maximum Gasteiger partial charge on any atom is 0.277 e. The highest BCUT2D eigenvalue weighted by atomic mass is 16.6. The van der Waals surface area contributed by atoms with E-state index in [0.29, 0.717) is 39.4 Å². The molecule has 2 aromatic carbocycles. The van der Waals surface area contributed by atoms with Gasteiger partial charge in [-0.2, -0.15) is 0 Å². The molecule has 0 atom stereocenters. The van der Waals surface area contributed by atoms with Gasteiger partial charge in [0, 0.05) is 17.8 Å². The minimum atomic E-state index is -0.432. The number of hydrogen-bond donors (Lipinski definition) is 2. The summed E-state index contributed by atoms with van der Waals surface area (Å²) in [5.74, 6) is 0.259. The molecule has 2 heterocycles. The van der Waals surface area contributed by atoms with Crippen molar-refractivity contribution >= 4 is 28.9 Å². The molecular weight excluding hydrogens is 346 g/mol. The number of nitro groups is 1. The van der Waals surface area contributed by atoms with Crippen molar-refractivity contribution in [3.8, 4) is 16.9 Å². The summed E-state index contributed by atoms with van der Waals surface area (Å²) in [6.45, 7) is 0. The molecule has 134 valence electrons. The number of nitro benzene ring substituents is 1. The molecule has 0 radical (unpaired) electrons. The van der Waals surface area contributed by atoms with Crippen molar-refractivity contribution in [3.05, 3.63) is 76.1 Å². The monoisotopic (exact) mass is 361 g/mol. The number of hydrogen-bond acceptors (Lipinski definition) is 4. The number of carbonyl (C=O) groups is 1. The van der Waals surface area contributed by atoms with Gasteiger partial charge in [-0.05, 0) is 23.8 Å². The van der Waals surface area contributed by atoms with Crippen LogP contribution in [0.15, 0.2) is 54.7 Å². The highest BCUT2D eigenvalue weighted by Gasteiger charge is 2.32. The third-order valence-corrected chi connectivity index (χ3v) is 4.45. The molecule has 0 saturated heterocycles. The van der Waals surface area contributed by atoms with Crippen LogP contribution in [0.1, 0.15) is 11.3 Å². The van der Waals surface area contributed by atoms with Gasteiger partial charge in [-0.3, -0.25) is 14.9 Å². The summed E-state index contributed by atoms with van der Waals surface area (Å²) in [5, 5.41) is 14.4. The Balaban J connectivity index is 2.01. The van der Waals surface area contributed by atoms with Crippen LogP contribution in [-0.2, 0) is 4.79 Å². The quantitative estimate of drug-likeness (QED) is 0.415. The van der Waals surface area contributed by atoms with Crippen molar-refractivity contribution < 1.29 is 14.5 Å². The average Bonchev–Trinajstić information content (AvgIpc) is 3.26. The molecule has 4 rings (SSSR count). The summed E-state index contributed by atoms with van der Waals surface area (Å²) in [7, 11) is 1.54. The highest BCUT2D eigenvalue weighted by Crippen LogP contribution is 2.45. The molecule has 7 heteroatoms. The summed E-state index contributed by atoms with van der Waals surface area (Å²) in [4.78, 5) is 26.9. The Labute approximate surface area is 154 Å². The van der Waals surface area contributed by atoms with Crippen molar-refractivity contribution in [1.82, 2.24) is 4.98 Å². The first kappa shape index (κ1) is 16.6. The second kappa shape index (κ2) is 6.45. The van der Waals surface area contributed by atoms with E-state index < -0.39 is 4.92 Å². The number of nitrogens with one attached hydrogen (secondary N) is 2. The molecule has 2 N–H and O–H groups in total. The fourth-order valence-corrected chi connectivity index (χ4v) is 3.27. The first-order valence-corrected chi connectivity index (χ1v) is 8.21. The number of ether oxygens (including phenoxy) is 1. The van der Waals surface area contributed by atoms with E-state index in [1.807, 2.05) is 6.07 Å². The third kappa shape index (κ3) is 2.75. The minimum Gasteiger partial charge on any atom is -0.495 e. The number of H-pyrrole nitrogens is 1. The second-order valence-electron chi connectivity index (χ2n) is 5.98. The van der Waals surface area contributed by atoms with Gasteiger partial charge < -0.3 is 15.0 Å². The maximum atomic E-state index is 12.6. The van der Waals surface area contributed by atoms with E-state index in [1.165, 1.54) is 13.2 Å². The number of aromatic nitrogens is 1. The lowest BCUT2D eigenvalue weighted by molar-refractivity contribution is -0.384. The van der Waals surface area contributed by atoms with Crippen LogP contribution in [0.25, 0.3) is 22.8 Å². The normalized spacial score (nSPS) is 14.1. The number of amides is 1. The Bertz CT molecular complexity index is 1080. The Morgan fingerprint density at radius 3 is 2.56 bits per heavy atom. The SMILES string of the molecule is COc1cc[nH]c1/C=C1\C(=O)Nc2ccc([N+](=O)[O-])c(-c3ccccc3)c21. The predicted octanol–water partition coefficient (Wildman–Crippen LogP) is 4.09. The van der Waals surface area contributed by atoms with Gasteiger partial charge in [0.1, 0.15) is 5.75 Å².